The van der Waals surface area contributed by atoms with Crippen molar-refractivity contribution in [1.82, 2.24) is 9.97 Å². The molecule has 0 bridgehead atoms. The van der Waals surface area contributed by atoms with Crippen molar-refractivity contribution in [3.05, 3.63) is 31.0 Å². The minimum absolute atomic E-state index is 0. The lowest BCUT2D eigenvalue weighted by Crippen LogP contribution is -2.24. The molecule has 15 heavy (non-hydrogen) atoms. The van der Waals surface area contributed by atoms with Crippen molar-refractivity contribution in [3.8, 4) is 0 Å². The minimum Gasteiger partial charge on any atom is -0.379 e. The molecule has 84 valence electrons. The molecule has 0 fully saturated rings. The van der Waals surface area contributed by atoms with E-state index in [0.29, 0.717) is 5.69 Å². The standard InChI is InChI=1S/C6H7BrN4O2S.ClH/c7-3-2(1-14-5(8)9)10-6(13)11-4(3)12;/h1H2,(H3,8,9)(H2,10,11,12,13);1H. The molecule has 0 radical (unpaired) electrons. The quantitative estimate of drug-likeness (QED) is 0.466. The summed E-state index contributed by atoms with van der Waals surface area (Å²) in [5.41, 5.74) is 4.47. The van der Waals surface area contributed by atoms with Gasteiger partial charge in [-0.05, 0) is 15.9 Å². The average Bonchev–Trinajstić information content (AvgIpc) is 2.08. The van der Waals surface area contributed by atoms with Crippen molar-refractivity contribution in [2.75, 3.05) is 0 Å². The van der Waals surface area contributed by atoms with E-state index in [4.69, 9.17) is 11.1 Å². The van der Waals surface area contributed by atoms with E-state index in [1.54, 1.807) is 0 Å². The molecule has 1 heterocycles. The fourth-order valence-corrected chi connectivity index (χ4v) is 1.81. The lowest BCUT2D eigenvalue weighted by molar-refractivity contribution is 0.971. The van der Waals surface area contributed by atoms with Gasteiger partial charge in [-0.15, -0.1) is 12.4 Å². The highest BCUT2D eigenvalue weighted by Gasteiger charge is 2.06. The van der Waals surface area contributed by atoms with Gasteiger partial charge >= 0.3 is 5.69 Å². The molecule has 0 spiro atoms. The van der Waals surface area contributed by atoms with E-state index >= 15 is 0 Å². The molecular weight excluding hydrogens is 308 g/mol. The third-order valence-electron chi connectivity index (χ3n) is 1.33. The number of aromatic nitrogens is 2. The number of hydrogen-bond acceptors (Lipinski definition) is 4. The Morgan fingerprint density at radius 2 is 2.07 bits per heavy atom. The van der Waals surface area contributed by atoms with Crippen LogP contribution in [0, 0.1) is 5.41 Å². The summed E-state index contributed by atoms with van der Waals surface area (Å²) in [4.78, 5) is 26.5. The summed E-state index contributed by atoms with van der Waals surface area (Å²) in [5.74, 6) is 0.273. The van der Waals surface area contributed by atoms with Crippen molar-refractivity contribution in [1.29, 1.82) is 5.41 Å². The topological polar surface area (TPSA) is 116 Å². The minimum atomic E-state index is -0.572. The van der Waals surface area contributed by atoms with Gasteiger partial charge in [-0.1, -0.05) is 11.8 Å². The second kappa shape index (κ2) is 5.99. The van der Waals surface area contributed by atoms with Gasteiger partial charge in [-0.2, -0.15) is 0 Å². The summed E-state index contributed by atoms with van der Waals surface area (Å²) in [5, 5.41) is 6.90. The van der Waals surface area contributed by atoms with Gasteiger partial charge in [0, 0.05) is 11.4 Å². The zero-order chi connectivity index (χ0) is 10.7. The third kappa shape index (κ3) is 4.10. The molecule has 0 aliphatic rings. The maximum Gasteiger partial charge on any atom is 0.325 e. The summed E-state index contributed by atoms with van der Waals surface area (Å²) in [6.45, 7) is 0. The van der Waals surface area contributed by atoms with Crippen LogP contribution in [0.15, 0.2) is 14.1 Å². The first kappa shape index (κ1) is 14.3. The molecule has 9 heteroatoms. The zero-order valence-corrected chi connectivity index (χ0v) is 10.5. The van der Waals surface area contributed by atoms with Crippen molar-refractivity contribution in [2.45, 2.75) is 5.75 Å². The van der Waals surface area contributed by atoms with Gasteiger partial charge in [0.2, 0.25) is 0 Å². The van der Waals surface area contributed by atoms with Crippen LogP contribution >= 0.6 is 40.1 Å². The number of nitrogens with one attached hydrogen (secondary N) is 3. The van der Waals surface area contributed by atoms with E-state index in [1.165, 1.54) is 0 Å². The Labute approximate surface area is 103 Å². The second-order valence-corrected chi connectivity index (χ2v) is 4.16. The van der Waals surface area contributed by atoms with Gasteiger partial charge in [0.05, 0.1) is 0 Å². The van der Waals surface area contributed by atoms with Crippen LogP contribution in [-0.2, 0) is 5.75 Å². The van der Waals surface area contributed by atoms with Crippen LogP contribution in [-0.4, -0.2) is 15.1 Å². The molecule has 1 rings (SSSR count). The maximum absolute atomic E-state index is 11.1. The van der Waals surface area contributed by atoms with E-state index in [-0.39, 0.29) is 27.8 Å². The smallest absolute Gasteiger partial charge is 0.325 e. The van der Waals surface area contributed by atoms with Crippen LogP contribution in [0.4, 0.5) is 0 Å². The molecule has 1 aromatic heterocycles. The van der Waals surface area contributed by atoms with Crippen LogP contribution in [0.25, 0.3) is 0 Å². The molecule has 0 aliphatic heterocycles. The SMILES string of the molecule is Cl.N=C(N)SCc1[nH]c(=O)[nH]c(=O)c1Br. The maximum atomic E-state index is 11.1. The number of aromatic amines is 2. The molecule has 5 N–H and O–H groups in total. The van der Waals surface area contributed by atoms with E-state index < -0.39 is 11.2 Å². The summed E-state index contributed by atoms with van der Waals surface area (Å²) in [6.07, 6.45) is 0. The molecular formula is C6H8BrClN4O2S. The highest BCUT2D eigenvalue weighted by molar-refractivity contribution is 9.10. The Hall–Kier alpha value is -0.730. The van der Waals surface area contributed by atoms with Gasteiger partial charge in [0.15, 0.2) is 5.17 Å². The summed E-state index contributed by atoms with van der Waals surface area (Å²) < 4.78 is 0.255. The molecule has 6 nitrogen and oxygen atoms in total. The van der Waals surface area contributed by atoms with Gasteiger partial charge in [0.25, 0.3) is 5.56 Å². The van der Waals surface area contributed by atoms with E-state index in [9.17, 15) is 9.59 Å². The van der Waals surface area contributed by atoms with Crippen molar-refractivity contribution in [2.24, 2.45) is 5.73 Å². The molecule has 0 atom stereocenters. The van der Waals surface area contributed by atoms with Crippen LogP contribution < -0.4 is 17.0 Å². The Morgan fingerprint density at radius 1 is 1.47 bits per heavy atom. The third-order valence-corrected chi connectivity index (χ3v) is 2.91. The predicted octanol–water partition coefficient (Wildman–Crippen LogP) is 0.374. The van der Waals surface area contributed by atoms with Crippen molar-refractivity contribution < 1.29 is 0 Å². The highest BCUT2D eigenvalue weighted by atomic mass is 79.9. The van der Waals surface area contributed by atoms with Crippen LogP contribution in [0.1, 0.15) is 5.69 Å². The summed E-state index contributed by atoms with van der Waals surface area (Å²) in [7, 11) is 0. The van der Waals surface area contributed by atoms with Crippen molar-refractivity contribution >= 4 is 45.3 Å². The molecule has 0 saturated carbocycles. The normalized spacial score (nSPS) is 9.40. The van der Waals surface area contributed by atoms with Gasteiger partial charge in [-0.25, -0.2) is 4.79 Å². The fourth-order valence-electron chi connectivity index (χ4n) is 0.768. The number of rotatable bonds is 2. The zero-order valence-electron chi connectivity index (χ0n) is 7.30. The summed E-state index contributed by atoms with van der Waals surface area (Å²) >= 11 is 4.05. The first-order valence-electron chi connectivity index (χ1n) is 3.48. The molecule has 0 aromatic carbocycles. The van der Waals surface area contributed by atoms with Gasteiger partial charge < -0.3 is 10.7 Å². The van der Waals surface area contributed by atoms with E-state index in [2.05, 4.69) is 25.9 Å². The Bertz CT molecular complexity index is 471. The molecule has 0 saturated heterocycles. The fraction of sp³-hybridized carbons (Fsp3) is 0.167. The first-order valence-corrected chi connectivity index (χ1v) is 5.26. The monoisotopic (exact) mass is 314 g/mol. The number of hydrogen-bond donors (Lipinski definition) is 4. The molecule has 1 aromatic rings. The van der Waals surface area contributed by atoms with E-state index in [0.717, 1.165) is 11.8 Å². The van der Waals surface area contributed by atoms with Crippen LogP contribution in [0.2, 0.25) is 0 Å². The number of halogens is 2. The Morgan fingerprint density at radius 3 is 2.60 bits per heavy atom. The lowest BCUT2D eigenvalue weighted by Gasteiger charge is -2.01. The number of thioether (sulfide) groups is 1. The number of H-pyrrole nitrogens is 2. The van der Waals surface area contributed by atoms with Crippen LogP contribution in [0.3, 0.4) is 0 Å². The highest BCUT2D eigenvalue weighted by Crippen LogP contribution is 2.13. The van der Waals surface area contributed by atoms with Crippen LogP contribution in [0.5, 0.6) is 0 Å². The largest absolute Gasteiger partial charge is 0.379 e. The van der Waals surface area contributed by atoms with Crippen molar-refractivity contribution in [3.63, 3.8) is 0 Å². The number of amidine groups is 1. The first-order chi connectivity index (χ1) is 6.50. The second-order valence-electron chi connectivity index (χ2n) is 2.35. The molecule has 0 unspecified atom stereocenters. The molecule has 0 amide bonds. The van der Waals surface area contributed by atoms with Gasteiger partial charge in [0.1, 0.15) is 4.47 Å². The average molecular weight is 316 g/mol. The molecule has 0 aliphatic carbocycles. The summed E-state index contributed by atoms with van der Waals surface area (Å²) in [6, 6.07) is 0. The van der Waals surface area contributed by atoms with E-state index in [1.807, 2.05) is 0 Å². The predicted molar refractivity (Wildman–Crippen MR) is 65.8 cm³/mol. The number of nitrogens with two attached hydrogens (primary N) is 1. The lowest BCUT2D eigenvalue weighted by atomic mass is 10.4. The Balaban J connectivity index is 0.00000196. The Kier molecular flexibility index (Phi) is 5.69. The van der Waals surface area contributed by atoms with Gasteiger partial charge in [-0.3, -0.25) is 15.2 Å².